The van der Waals surface area contributed by atoms with Gasteiger partial charge in [0.15, 0.2) is 12.5 Å². The van der Waals surface area contributed by atoms with Crippen LogP contribution in [0.4, 0.5) is 8.78 Å². The molecule has 32 heavy (non-hydrogen) atoms. The minimum absolute atomic E-state index is 0. The highest BCUT2D eigenvalue weighted by Gasteiger charge is 2.36. The molecule has 1 N–H and O–H groups in total. The van der Waals surface area contributed by atoms with Crippen LogP contribution in [0.25, 0.3) is 0 Å². The summed E-state index contributed by atoms with van der Waals surface area (Å²) in [5.41, 5.74) is -1.76. The molecule has 5 nitrogen and oxygen atoms in total. The molecule has 0 aliphatic rings. The van der Waals surface area contributed by atoms with Gasteiger partial charge in [0.05, 0.1) is 0 Å². The third-order valence-corrected chi connectivity index (χ3v) is 4.35. The van der Waals surface area contributed by atoms with Crippen molar-refractivity contribution in [1.82, 2.24) is 0 Å². The number of esters is 1. The van der Waals surface area contributed by atoms with Gasteiger partial charge in [-0.25, -0.2) is 9.18 Å². The van der Waals surface area contributed by atoms with Crippen molar-refractivity contribution in [3.05, 3.63) is 71.8 Å². The van der Waals surface area contributed by atoms with Gasteiger partial charge < -0.3 is 9.84 Å². The maximum atomic E-state index is 12.6. The van der Waals surface area contributed by atoms with E-state index in [1.165, 1.54) is 27.7 Å². The number of carbonyl (C=O) groups is 3. The molecule has 2 aromatic carbocycles. The standard InChI is InChI=1S/C12H15FO3.C11H11FO2.2CH4/c1-12(2,16-10(14)8-13)11(15)9-6-4-3-5-7-9;1-11(2,10(12)14)9(13)8-6-4-3-5-7-8;;/h3-7,11,15H,8H2,1-2H3;3-7H,1-2H3;2*1H4. The van der Waals surface area contributed by atoms with E-state index < -0.39 is 41.6 Å². The Morgan fingerprint density at radius 2 is 1.34 bits per heavy atom. The van der Waals surface area contributed by atoms with Gasteiger partial charge in [-0.1, -0.05) is 75.5 Å². The fourth-order valence-electron chi connectivity index (χ4n) is 2.45. The first-order valence-corrected chi connectivity index (χ1v) is 9.24. The highest BCUT2D eigenvalue weighted by atomic mass is 19.1. The average molecular weight is 453 g/mol. The zero-order chi connectivity index (χ0) is 22.9. The first kappa shape index (κ1) is 31.3. The molecule has 0 heterocycles. The number of aliphatic hydroxyl groups excluding tert-OH is 1. The molecule has 0 saturated heterocycles. The van der Waals surface area contributed by atoms with E-state index in [0.717, 1.165) is 0 Å². The monoisotopic (exact) mass is 452 g/mol. The Balaban J connectivity index is 0. The zero-order valence-electron chi connectivity index (χ0n) is 17.4. The van der Waals surface area contributed by atoms with E-state index in [1.54, 1.807) is 54.6 Å². The van der Waals surface area contributed by atoms with Crippen molar-refractivity contribution in [2.24, 2.45) is 5.41 Å². The molecule has 2 aromatic rings. The zero-order valence-corrected chi connectivity index (χ0v) is 17.4. The maximum Gasteiger partial charge on any atom is 0.338 e. The second-order valence-corrected chi connectivity index (χ2v) is 7.62. The van der Waals surface area contributed by atoms with Crippen LogP contribution >= 0.6 is 0 Å². The summed E-state index contributed by atoms with van der Waals surface area (Å²) in [6.07, 6.45) is -0.982. The Kier molecular flexibility index (Phi) is 13.2. The van der Waals surface area contributed by atoms with Gasteiger partial charge in [0.1, 0.15) is 17.1 Å². The van der Waals surface area contributed by atoms with Gasteiger partial charge >= 0.3 is 12.0 Å². The van der Waals surface area contributed by atoms with E-state index in [1.807, 2.05) is 6.07 Å². The largest absolute Gasteiger partial charge is 0.455 e. The minimum atomic E-state index is -1.61. The third kappa shape index (κ3) is 8.67. The summed E-state index contributed by atoms with van der Waals surface area (Å²) in [5, 5.41) is 9.99. The summed E-state index contributed by atoms with van der Waals surface area (Å²) in [5.74, 6) is -1.47. The van der Waals surface area contributed by atoms with Crippen LogP contribution in [0.15, 0.2) is 60.7 Å². The van der Waals surface area contributed by atoms with Crippen LogP contribution in [-0.2, 0) is 14.3 Å². The van der Waals surface area contributed by atoms with Crippen molar-refractivity contribution in [2.45, 2.75) is 54.3 Å². The van der Waals surface area contributed by atoms with Crippen LogP contribution in [0.2, 0.25) is 0 Å². The van der Waals surface area contributed by atoms with Crippen molar-refractivity contribution in [2.75, 3.05) is 6.67 Å². The van der Waals surface area contributed by atoms with E-state index in [9.17, 15) is 28.3 Å². The quantitative estimate of drug-likeness (QED) is 0.253. The summed E-state index contributed by atoms with van der Waals surface area (Å²) in [7, 11) is 0. The number of rotatable bonds is 7. The highest BCUT2D eigenvalue weighted by molar-refractivity contribution is 6.11. The Hall–Kier alpha value is -2.93. The molecule has 0 radical (unpaired) electrons. The molecule has 0 fully saturated rings. The van der Waals surface area contributed by atoms with Crippen molar-refractivity contribution in [1.29, 1.82) is 0 Å². The highest BCUT2D eigenvalue weighted by Crippen LogP contribution is 2.28. The molecule has 2 rings (SSSR count). The van der Waals surface area contributed by atoms with Gasteiger partial charge in [-0.2, -0.15) is 4.39 Å². The van der Waals surface area contributed by atoms with Crippen LogP contribution < -0.4 is 0 Å². The van der Waals surface area contributed by atoms with Gasteiger partial charge in [-0.3, -0.25) is 9.59 Å². The Bertz CT molecular complexity index is 849. The molecule has 0 aromatic heterocycles. The van der Waals surface area contributed by atoms with E-state index in [-0.39, 0.29) is 14.9 Å². The van der Waals surface area contributed by atoms with Crippen molar-refractivity contribution in [3.63, 3.8) is 0 Å². The molecule has 0 amide bonds. The van der Waals surface area contributed by atoms with Gasteiger partial charge in [-0.05, 0) is 33.3 Å². The van der Waals surface area contributed by atoms with Crippen molar-refractivity contribution < 1.29 is 33.0 Å². The lowest BCUT2D eigenvalue weighted by Gasteiger charge is -2.30. The van der Waals surface area contributed by atoms with E-state index in [2.05, 4.69) is 0 Å². The molecule has 0 aliphatic carbocycles. The number of Topliss-reactive ketones (excluding diaryl/α,β-unsaturated/α-hetero) is 1. The number of benzene rings is 2. The number of hydrogen-bond acceptors (Lipinski definition) is 5. The summed E-state index contributed by atoms with van der Waals surface area (Å²) < 4.78 is 29.4. The normalized spacial score (nSPS) is 11.5. The molecule has 7 heteroatoms. The number of alkyl halides is 1. The van der Waals surface area contributed by atoms with Gasteiger partial charge in [0.25, 0.3) is 0 Å². The number of hydrogen-bond donors (Lipinski definition) is 1. The molecule has 0 spiro atoms. The predicted molar refractivity (Wildman–Crippen MR) is 122 cm³/mol. The summed E-state index contributed by atoms with van der Waals surface area (Å²) in [6.45, 7) is 4.46. The molecule has 1 atom stereocenters. The van der Waals surface area contributed by atoms with Gasteiger partial charge in [0.2, 0.25) is 0 Å². The van der Waals surface area contributed by atoms with Gasteiger partial charge in [-0.15, -0.1) is 0 Å². The van der Waals surface area contributed by atoms with E-state index >= 15 is 0 Å². The van der Waals surface area contributed by atoms with Gasteiger partial charge in [0, 0.05) is 5.56 Å². The SMILES string of the molecule is C.C.CC(C)(C(=O)F)C(=O)c1ccccc1.CC(C)(OC(=O)CF)C(O)c1ccccc1. The Morgan fingerprint density at radius 1 is 0.906 bits per heavy atom. The minimum Gasteiger partial charge on any atom is -0.455 e. The number of aliphatic hydroxyl groups is 1. The lowest BCUT2D eigenvalue weighted by molar-refractivity contribution is -0.169. The number of ketones is 1. The molecule has 178 valence electrons. The smallest absolute Gasteiger partial charge is 0.338 e. The predicted octanol–water partition coefficient (Wildman–Crippen LogP) is 5.68. The fourth-order valence-corrected chi connectivity index (χ4v) is 2.45. The topological polar surface area (TPSA) is 80.7 Å². The van der Waals surface area contributed by atoms with E-state index in [4.69, 9.17) is 4.74 Å². The Labute approximate surface area is 189 Å². The van der Waals surface area contributed by atoms with E-state index in [0.29, 0.717) is 11.1 Å². The molecular formula is C25H34F2O5. The lowest BCUT2D eigenvalue weighted by atomic mass is 9.85. The molecule has 0 saturated carbocycles. The molecule has 0 aliphatic heterocycles. The first-order valence-electron chi connectivity index (χ1n) is 9.24. The summed E-state index contributed by atoms with van der Waals surface area (Å²) in [4.78, 5) is 33.1. The first-order chi connectivity index (χ1) is 13.9. The number of carbonyl (C=O) groups excluding carboxylic acids is 3. The van der Waals surface area contributed by atoms with Crippen LogP contribution in [0.1, 0.15) is 64.6 Å². The number of halogens is 2. The van der Waals surface area contributed by atoms with Crippen LogP contribution in [0, 0.1) is 5.41 Å². The molecular weight excluding hydrogens is 418 g/mol. The maximum absolute atomic E-state index is 12.6. The number of ether oxygens (including phenoxy) is 1. The second kappa shape index (κ2) is 13.5. The second-order valence-electron chi connectivity index (χ2n) is 7.62. The molecule has 1 unspecified atom stereocenters. The fraction of sp³-hybridized carbons (Fsp3) is 0.400. The lowest BCUT2D eigenvalue weighted by Crippen LogP contribution is -2.35. The van der Waals surface area contributed by atoms with Crippen LogP contribution in [0.3, 0.4) is 0 Å². The summed E-state index contributed by atoms with van der Waals surface area (Å²) >= 11 is 0. The average Bonchev–Trinajstić information content (AvgIpc) is 2.73. The summed E-state index contributed by atoms with van der Waals surface area (Å²) in [6, 6.07) is 15.4. The van der Waals surface area contributed by atoms with Crippen LogP contribution in [-0.4, -0.2) is 35.2 Å². The molecule has 0 bridgehead atoms. The van der Waals surface area contributed by atoms with Crippen molar-refractivity contribution in [3.8, 4) is 0 Å². The van der Waals surface area contributed by atoms with Crippen LogP contribution in [0.5, 0.6) is 0 Å². The Morgan fingerprint density at radius 3 is 1.75 bits per heavy atom. The third-order valence-electron chi connectivity index (χ3n) is 4.35. The van der Waals surface area contributed by atoms with Crippen molar-refractivity contribution >= 4 is 17.8 Å².